The van der Waals surface area contributed by atoms with Crippen LogP contribution in [-0.4, -0.2) is 65.3 Å². The van der Waals surface area contributed by atoms with Gasteiger partial charge in [-0.3, -0.25) is 9.59 Å². The highest BCUT2D eigenvalue weighted by molar-refractivity contribution is 7.88. The lowest BCUT2D eigenvalue weighted by molar-refractivity contribution is -0.121. The van der Waals surface area contributed by atoms with Crippen LogP contribution in [0.1, 0.15) is 19.8 Å². The highest BCUT2D eigenvalue weighted by Crippen LogP contribution is 2.28. The SMILES string of the molecule is C=C1C(=O)N=C(n2nc(-c3cccs3)cc2NC(=O)C2CCN(S(C)(=O)=O)CC2)N=C1C. The van der Waals surface area contributed by atoms with E-state index in [0.29, 0.717) is 43.2 Å². The van der Waals surface area contributed by atoms with Crippen molar-refractivity contribution < 1.29 is 18.0 Å². The van der Waals surface area contributed by atoms with E-state index < -0.39 is 15.9 Å². The molecule has 2 aromatic heterocycles. The normalized spacial score (nSPS) is 18.4. The molecule has 0 aliphatic carbocycles. The number of piperidine rings is 1. The van der Waals surface area contributed by atoms with E-state index in [2.05, 4.69) is 27.0 Å². The van der Waals surface area contributed by atoms with Gasteiger partial charge in [0.15, 0.2) is 0 Å². The molecule has 0 aromatic carbocycles. The maximum absolute atomic E-state index is 13.0. The molecule has 0 unspecified atom stereocenters. The van der Waals surface area contributed by atoms with Crippen LogP contribution in [0.3, 0.4) is 0 Å². The van der Waals surface area contributed by atoms with E-state index in [9.17, 15) is 18.0 Å². The van der Waals surface area contributed by atoms with E-state index in [-0.39, 0.29) is 23.4 Å². The molecule has 1 N–H and O–H groups in total. The number of aliphatic imine (C=N–C) groups is 2. The van der Waals surface area contributed by atoms with Crippen LogP contribution in [-0.2, 0) is 19.6 Å². The van der Waals surface area contributed by atoms with Gasteiger partial charge in [-0.2, -0.15) is 14.8 Å². The molecule has 0 spiro atoms. The van der Waals surface area contributed by atoms with Crippen molar-refractivity contribution in [1.82, 2.24) is 14.1 Å². The lowest BCUT2D eigenvalue weighted by Gasteiger charge is -2.29. The number of carbonyl (C=O) groups excluding carboxylic acids is 2. The lowest BCUT2D eigenvalue weighted by Crippen LogP contribution is -2.41. The van der Waals surface area contributed by atoms with Gasteiger partial charge in [-0.05, 0) is 31.2 Å². The number of sulfonamides is 1. The summed E-state index contributed by atoms with van der Waals surface area (Å²) in [5.41, 5.74) is 1.25. The predicted molar refractivity (Wildman–Crippen MR) is 123 cm³/mol. The molecule has 2 aliphatic heterocycles. The molecule has 4 rings (SSSR count). The number of amides is 2. The van der Waals surface area contributed by atoms with Gasteiger partial charge in [-0.1, -0.05) is 12.6 Å². The Labute approximate surface area is 189 Å². The molecule has 0 saturated carbocycles. The maximum atomic E-state index is 13.0. The number of carbonyl (C=O) groups is 2. The zero-order valence-corrected chi connectivity index (χ0v) is 19.2. The standard InChI is InChI=1S/C20H22N6O4S2/c1-12-13(2)21-20(23-18(12)27)26-17(11-15(24-26)16-5-4-10-31-16)22-19(28)14-6-8-25(9-7-14)32(3,29)30/h4-5,10-11,14H,1,6-9H2,2-3H3,(H,22,28). The van der Waals surface area contributed by atoms with Crippen molar-refractivity contribution in [2.75, 3.05) is 24.7 Å². The molecule has 2 amide bonds. The Hall–Kier alpha value is -2.96. The molecule has 1 fully saturated rings. The number of nitrogens with one attached hydrogen (secondary N) is 1. The fourth-order valence-electron chi connectivity index (χ4n) is 3.50. The minimum Gasteiger partial charge on any atom is -0.310 e. The van der Waals surface area contributed by atoms with Crippen LogP contribution in [0.2, 0.25) is 0 Å². The molecule has 0 bridgehead atoms. The molecule has 4 heterocycles. The number of hydrogen-bond donors (Lipinski definition) is 1. The van der Waals surface area contributed by atoms with Gasteiger partial charge in [0.1, 0.15) is 11.5 Å². The highest BCUT2D eigenvalue weighted by atomic mass is 32.2. The van der Waals surface area contributed by atoms with Crippen LogP contribution >= 0.6 is 11.3 Å². The number of rotatable bonds is 4. The number of hydrogen-bond acceptors (Lipinski definition) is 7. The second-order valence-electron chi connectivity index (χ2n) is 7.62. The fraction of sp³-hybridized carbons (Fsp3) is 0.350. The number of anilines is 1. The highest BCUT2D eigenvalue weighted by Gasteiger charge is 2.30. The number of nitrogens with zero attached hydrogens (tertiary/aromatic N) is 5. The van der Waals surface area contributed by atoms with Crippen molar-refractivity contribution in [3.63, 3.8) is 0 Å². The summed E-state index contributed by atoms with van der Waals surface area (Å²) in [5, 5.41) is 9.30. The van der Waals surface area contributed by atoms with E-state index >= 15 is 0 Å². The van der Waals surface area contributed by atoms with Crippen molar-refractivity contribution in [2.24, 2.45) is 15.9 Å². The Morgan fingerprint density at radius 2 is 2.00 bits per heavy atom. The summed E-state index contributed by atoms with van der Waals surface area (Å²) in [6, 6.07) is 5.49. The zero-order chi connectivity index (χ0) is 23.0. The van der Waals surface area contributed by atoms with Crippen molar-refractivity contribution in [3.05, 3.63) is 35.7 Å². The minimum atomic E-state index is -3.27. The molecule has 0 radical (unpaired) electrons. The van der Waals surface area contributed by atoms with E-state index in [1.165, 1.54) is 26.6 Å². The van der Waals surface area contributed by atoms with Gasteiger partial charge >= 0.3 is 0 Å². The third-order valence-corrected chi connectivity index (χ3v) is 7.58. The second-order valence-corrected chi connectivity index (χ2v) is 10.6. The maximum Gasteiger partial charge on any atom is 0.281 e. The van der Waals surface area contributed by atoms with Gasteiger partial charge in [0, 0.05) is 25.1 Å². The first kappa shape index (κ1) is 22.2. The first-order valence-electron chi connectivity index (χ1n) is 9.91. The largest absolute Gasteiger partial charge is 0.310 e. The Kier molecular flexibility index (Phi) is 5.93. The quantitative estimate of drug-likeness (QED) is 0.678. The summed E-state index contributed by atoms with van der Waals surface area (Å²) in [5.74, 6) is -0.720. The molecule has 12 heteroatoms. The third-order valence-electron chi connectivity index (χ3n) is 5.38. The summed E-state index contributed by atoms with van der Waals surface area (Å²) in [7, 11) is -3.27. The van der Waals surface area contributed by atoms with Gasteiger partial charge in [0.2, 0.25) is 15.9 Å². The van der Waals surface area contributed by atoms with Gasteiger partial charge < -0.3 is 5.32 Å². The van der Waals surface area contributed by atoms with E-state index in [0.717, 1.165) is 4.88 Å². The van der Waals surface area contributed by atoms with Gasteiger partial charge in [0.05, 0.1) is 22.4 Å². The molecule has 1 saturated heterocycles. The summed E-state index contributed by atoms with van der Waals surface area (Å²) >= 11 is 1.49. The van der Waals surface area contributed by atoms with E-state index in [1.54, 1.807) is 13.0 Å². The van der Waals surface area contributed by atoms with Crippen LogP contribution in [0.15, 0.2) is 45.7 Å². The summed E-state index contributed by atoms with van der Waals surface area (Å²) < 4.78 is 26.2. The van der Waals surface area contributed by atoms with Crippen molar-refractivity contribution in [2.45, 2.75) is 19.8 Å². The van der Waals surface area contributed by atoms with E-state index in [4.69, 9.17) is 0 Å². The number of thiophene rings is 1. The third kappa shape index (κ3) is 4.47. The summed E-state index contributed by atoms with van der Waals surface area (Å²) in [6.45, 7) is 5.92. The monoisotopic (exact) mass is 474 g/mol. The molecule has 168 valence electrons. The molecule has 0 atom stereocenters. The van der Waals surface area contributed by atoms with Crippen LogP contribution in [0.25, 0.3) is 10.6 Å². The van der Waals surface area contributed by atoms with Gasteiger partial charge in [-0.15, -0.1) is 11.3 Å². The Morgan fingerprint density at radius 3 is 2.59 bits per heavy atom. The molecule has 10 nitrogen and oxygen atoms in total. The predicted octanol–water partition coefficient (Wildman–Crippen LogP) is 1.98. The Morgan fingerprint density at radius 1 is 1.28 bits per heavy atom. The van der Waals surface area contributed by atoms with Crippen molar-refractivity contribution in [1.29, 1.82) is 0 Å². The zero-order valence-electron chi connectivity index (χ0n) is 17.6. The number of aromatic nitrogens is 2. The van der Waals surface area contributed by atoms with Crippen LogP contribution in [0.5, 0.6) is 0 Å². The topological polar surface area (TPSA) is 126 Å². The van der Waals surface area contributed by atoms with E-state index in [1.807, 2.05) is 17.5 Å². The van der Waals surface area contributed by atoms with Crippen LogP contribution in [0, 0.1) is 5.92 Å². The second kappa shape index (κ2) is 8.52. The van der Waals surface area contributed by atoms with Gasteiger partial charge in [0.25, 0.3) is 11.9 Å². The summed E-state index contributed by atoms with van der Waals surface area (Å²) in [4.78, 5) is 34.3. The molecular formula is C20H22N6O4S2. The van der Waals surface area contributed by atoms with Gasteiger partial charge in [-0.25, -0.2) is 17.7 Å². The van der Waals surface area contributed by atoms with Crippen LogP contribution in [0.4, 0.5) is 5.82 Å². The Bertz CT molecular complexity index is 1250. The molecule has 2 aliphatic rings. The fourth-order valence-corrected chi connectivity index (χ4v) is 5.05. The van der Waals surface area contributed by atoms with Crippen molar-refractivity contribution in [3.8, 4) is 10.6 Å². The summed E-state index contributed by atoms with van der Waals surface area (Å²) in [6.07, 6.45) is 2.00. The van der Waals surface area contributed by atoms with Crippen LogP contribution < -0.4 is 5.32 Å². The average molecular weight is 475 g/mol. The first-order chi connectivity index (χ1) is 15.1. The molecule has 2 aromatic rings. The molecule has 32 heavy (non-hydrogen) atoms. The van der Waals surface area contributed by atoms with Crippen molar-refractivity contribution >= 4 is 50.7 Å². The average Bonchev–Trinajstić information content (AvgIpc) is 3.41. The smallest absolute Gasteiger partial charge is 0.281 e. The molecular weight excluding hydrogens is 452 g/mol. The lowest BCUT2D eigenvalue weighted by atomic mass is 9.97. The minimum absolute atomic E-state index is 0.0462. The Balaban J connectivity index is 1.61. The first-order valence-corrected chi connectivity index (χ1v) is 12.6.